The number of aryl methyl sites for hydroxylation is 1. The van der Waals surface area contributed by atoms with Gasteiger partial charge in [-0.1, -0.05) is 43.7 Å². The Morgan fingerprint density at radius 1 is 1.05 bits per heavy atom. The Kier molecular flexibility index (Phi) is 5.73. The van der Waals surface area contributed by atoms with Crippen LogP contribution in [0.3, 0.4) is 0 Å². The fraction of sp³-hybridized carbons (Fsp3) is 0.316. The lowest BCUT2D eigenvalue weighted by atomic mass is 10.1. The summed E-state index contributed by atoms with van der Waals surface area (Å²) in [6, 6.07) is 15.7. The van der Waals surface area contributed by atoms with Gasteiger partial charge < -0.3 is 5.32 Å². The molecule has 0 saturated heterocycles. The van der Waals surface area contributed by atoms with Crippen molar-refractivity contribution in [1.82, 2.24) is 4.90 Å². The van der Waals surface area contributed by atoms with E-state index >= 15 is 0 Å². The maximum absolute atomic E-state index is 12.2. The summed E-state index contributed by atoms with van der Waals surface area (Å²) >= 11 is 0. The van der Waals surface area contributed by atoms with Crippen molar-refractivity contribution in [1.29, 1.82) is 0 Å². The maximum Gasteiger partial charge on any atom is 0.255 e. The first-order chi connectivity index (χ1) is 10.6. The van der Waals surface area contributed by atoms with Crippen LogP contribution in [-0.4, -0.2) is 23.9 Å². The van der Waals surface area contributed by atoms with Gasteiger partial charge in [0.25, 0.3) is 5.91 Å². The standard InChI is InChI=1S/C19H24N2O/c1-4-21(5-2)14-16-7-6-8-18(13-16)20-19(22)17-11-9-15(3)10-12-17/h6-13H,4-5,14H2,1-3H3,(H,20,22). The van der Waals surface area contributed by atoms with E-state index in [0.29, 0.717) is 5.56 Å². The van der Waals surface area contributed by atoms with Crippen LogP contribution in [-0.2, 0) is 6.54 Å². The van der Waals surface area contributed by atoms with Crippen molar-refractivity contribution in [2.24, 2.45) is 0 Å². The van der Waals surface area contributed by atoms with Crippen molar-refractivity contribution in [3.8, 4) is 0 Å². The largest absolute Gasteiger partial charge is 0.322 e. The molecule has 1 amide bonds. The van der Waals surface area contributed by atoms with E-state index in [0.717, 1.165) is 30.9 Å². The molecule has 3 nitrogen and oxygen atoms in total. The highest BCUT2D eigenvalue weighted by Gasteiger charge is 2.07. The molecule has 0 aliphatic rings. The number of nitrogens with one attached hydrogen (secondary N) is 1. The van der Waals surface area contributed by atoms with Gasteiger partial charge in [-0.2, -0.15) is 0 Å². The summed E-state index contributed by atoms with van der Waals surface area (Å²) in [4.78, 5) is 14.6. The highest BCUT2D eigenvalue weighted by molar-refractivity contribution is 6.04. The van der Waals surface area contributed by atoms with Crippen LogP contribution in [0.5, 0.6) is 0 Å². The first kappa shape index (κ1) is 16.2. The molecule has 0 atom stereocenters. The van der Waals surface area contributed by atoms with Gasteiger partial charge in [-0.05, 0) is 49.8 Å². The quantitative estimate of drug-likeness (QED) is 0.871. The molecule has 0 heterocycles. The molecule has 2 rings (SSSR count). The third-order valence-corrected chi connectivity index (χ3v) is 3.80. The summed E-state index contributed by atoms with van der Waals surface area (Å²) in [5.74, 6) is -0.0695. The minimum atomic E-state index is -0.0695. The first-order valence-corrected chi connectivity index (χ1v) is 7.81. The molecule has 22 heavy (non-hydrogen) atoms. The van der Waals surface area contributed by atoms with Gasteiger partial charge in [0, 0.05) is 17.8 Å². The van der Waals surface area contributed by atoms with E-state index in [2.05, 4.69) is 30.1 Å². The van der Waals surface area contributed by atoms with Crippen molar-refractivity contribution >= 4 is 11.6 Å². The molecule has 0 bridgehead atoms. The molecule has 0 aromatic heterocycles. The highest BCUT2D eigenvalue weighted by Crippen LogP contribution is 2.14. The van der Waals surface area contributed by atoms with E-state index in [4.69, 9.17) is 0 Å². The maximum atomic E-state index is 12.2. The summed E-state index contributed by atoms with van der Waals surface area (Å²) in [7, 11) is 0. The molecule has 116 valence electrons. The van der Waals surface area contributed by atoms with Crippen LogP contribution in [0.1, 0.15) is 35.3 Å². The van der Waals surface area contributed by atoms with Gasteiger partial charge in [-0.25, -0.2) is 0 Å². The Hall–Kier alpha value is -2.13. The van der Waals surface area contributed by atoms with Gasteiger partial charge in [0.05, 0.1) is 0 Å². The minimum Gasteiger partial charge on any atom is -0.322 e. The molecule has 0 saturated carbocycles. The lowest BCUT2D eigenvalue weighted by Gasteiger charge is -2.18. The molecule has 0 fully saturated rings. The van der Waals surface area contributed by atoms with Crippen molar-refractivity contribution in [3.63, 3.8) is 0 Å². The van der Waals surface area contributed by atoms with Gasteiger partial charge in [-0.15, -0.1) is 0 Å². The third-order valence-electron chi connectivity index (χ3n) is 3.80. The number of amides is 1. The number of benzene rings is 2. The van der Waals surface area contributed by atoms with E-state index in [9.17, 15) is 4.79 Å². The first-order valence-electron chi connectivity index (χ1n) is 7.81. The van der Waals surface area contributed by atoms with Gasteiger partial charge in [0.15, 0.2) is 0 Å². The molecular formula is C19H24N2O. The van der Waals surface area contributed by atoms with Gasteiger partial charge in [-0.3, -0.25) is 9.69 Å². The normalized spacial score (nSPS) is 10.7. The summed E-state index contributed by atoms with van der Waals surface area (Å²) in [5, 5.41) is 2.97. The smallest absolute Gasteiger partial charge is 0.255 e. The number of carbonyl (C=O) groups is 1. The summed E-state index contributed by atoms with van der Waals surface area (Å²) in [6.07, 6.45) is 0. The molecule has 0 radical (unpaired) electrons. The molecule has 2 aromatic carbocycles. The third kappa shape index (κ3) is 4.43. The zero-order valence-electron chi connectivity index (χ0n) is 13.6. The van der Waals surface area contributed by atoms with Gasteiger partial charge in [0.1, 0.15) is 0 Å². The van der Waals surface area contributed by atoms with Crippen LogP contribution in [0.2, 0.25) is 0 Å². The topological polar surface area (TPSA) is 32.3 Å². The minimum absolute atomic E-state index is 0.0695. The van der Waals surface area contributed by atoms with E-state index in [-0.39, 0.29) is 5.91 Å². The molecule has 3 heteroatoms. The number of hydrogen-bond donors (Lipinski definition) is 1. The van der Waals surface area contributed by atoms with Crippen molar-refractivity contribution in [3.05, 3.63) is 65.2 Å². The van der Waals surface area contributed by atoms with Gasteiger partial charge >= 0.3 is 0 Å². The van der Waals surface area contributed by atoms with Crippen LogP contribution < -0.4 is 5.32 Å². The number of nitrogens with zero attached hydrogens (tertiary/aromatic N) is 1. The van der Waals surface area contributed by atoms with Crippen molar-refractivity contribution in [2.75, 3.05) is 18.4 Å². The Morgan fingerprint density at radius 2 is 1.73 bits per heavy atom. The predicted molar refractivity (Wildman–Crippen MR) is 92.2 cm³/mol. The number of anilines is 1. The Balaban J connectivity index is 2.06. The van der Waals surface area contributed by atoms with Crippen LogP contribution in [0.4, 0.5) is 5.69 Å². The number of carbonyl (C=O) groups excluding carboxylic acids is 1. The lowest BCUT2D eigenvalue weighted by Crippen LogP contribution is -2.22. The second kappa shape index (κ2) is 7.76. The summed E-state index contributed by atoms with van der Waals surface area (Å²) < 4.78 is 0. The highest BCUT2D eigenvalue weighted by atomic mass is 16.1. The molecule has 0 unspecified atom stereocenters. The van der Waals surface area contributed by atoms with E-state index in [1.165, 1.54) is 5.56 Å². The zero-order chi connectivity index (χ0) is 15.9. The molecule has 0 aliphatic carbocycles. The molecule has 0 aliphatic heterocycles. The van der Waals surface area contributed by atoms with Crippen molar-refractivity contribution in [2.45, 2.75) is 27.3 Å². The monoisotopic (exact) mass is 296 g/mol. The SMILES string of the molecule is CCN(CC)Cc1cccc(NC(=O)c2ccc(C)cc2)c1. The predicted octanol–water partition coefficient (Wildman–Crippen LogP) is 4.09. The zero-order valence-corrected chi connectivity index (χ0v) is 13.6. The fourth-order valence-electron chi connectivity index (χ4n) is 2.36. The molecule has 0 spiro atoms. The van der Waals surface area contributed by atoms with Gasteiger partial charge in [0.2, 0.25) is 0 Å². The van der Waals surface area contributed by atoms with Crippen LogP contribution in [0.15, 0.2) is 48.5 Å². The van der Waals surface area contributed by atoms with E-state index in [1.54, 1.807) is 0 Å². The van der Waals surface area contributed by atoms with E-state index in [1.807, 2.05) is 49.4 Å². The fourth-order valence-corrected chi connectivity index (χ4v) is 2.36. The summed E-state index contributed by atoms with van der Waals surface area (Å²) in [6.45, 7) is 9.28. The summed E-state index contributed by atoms with van der Waals surface area (Å²) in [5.41, 5.74) is 3.89. The Bertz CT molecular complexity index is 616. The number of rotatable bonds is 6. The van der Waals surface area contributed by atoms with Crippen LogP contribution >= 0.6 is 0 Å². The second-order valence-corrected chi connectivity index (χ2v) is 5.48. The second-order valence-electron chi connectivity index (χ2n) is 5.48. The average molecular weight is 296 g/mol. The molecular weight excluding hydrogens is 272 g/mol. The van der Waals surface area contributed by atoms with E-state index < -0.39 is 0 Å². The number of hydrogen-bond acceptors (Lipinski definition) is 2. The lowest BCUT2D eigenvalue weighted by molar-refractivity contribution is 0.102. The Morgan fingerprint density at radius 3 is 2.36 bits per heavy atom. The van der Waals surface area contributed by atoms with Crippen LogP contribution in [0.25, 0.3) is 0 Å². The van der Waals surface area contributed by atoms with Crippen molar-refractivity contribution < 1.29 is 4.79 Å². The molecule has 1 N–H and O–H groups in total. The molecule has 2 aromatic rings. The Labute approximate surface area is 133 Å². The average Bonchev–Trinajstić information content (AvgIpc) is 2.53. The van der Waals surface area contributed by atoms with Crippen LogP contribution in [0, 0.1) is 6.92 Å².